The molecule has 4 N–H and O–H groups in total. The van der Waals surface area contributed by atoms with Crippen molar-refractivity contribution in [1.82, 2.24) is 19.8 Å². The van der Waals surface area contributed by atoms with E-state index in [4.69, 9.17) is 27.0 Å². The number of hydrogen-bond acceptors (Lipinski definition) is 10. The second kappa shape index (κ2) is 16.6. The average molecular weight is 747 g/mol. The number of aliphatic hydroxyl groups is 2. The molecular weight excluding hydrogens is 697 g/mol. The van der Waals surface area contributed by atoms with Gasteiger partial charge in [-0.1, -0.05) is 12.2 Å². The monoisotopic (exact) mass is 746 g/mol. The standard InChI is InChI=1S/2C20H24N2O2.H2O4S/c2*1-3-13-12-22-9-7-14(13)10-19(22)20(23)16-6-8-21-18-5-4-15(24-2)11-17(16)18;1-5(2,3)4/h2*3-6,8,11,13-14,19-20,23H,1,7,9-10,12H2,2H3;(H2,1,2,3,4)/t2*13-,14-,19-,20-;/m11./s1. The minimum absolute atomic E-state index is 0.178. The Balaban J connectivity index is 0.000000161. The Bertz CT molecular complexity index is 1890. The number of fused-ring (bicyclic) bond motifs is 8. The van der Waals surface area contributed by atoms with Crippen LogP contribution in [-0.4, -0.2) is 100.0 Å². The molecule has 2 unspecified atom stereocenters. The summed E-state index contributed by atoms with van der Waals surface area (Å²) in [7, 11) is -1.34. The van der Waals surface area contributed by atoms with Gasteiger partial charge in [0.1, 0.15) is 11.5 Å². The molecule has 2 aromatic carbocycles. The van der Waals surface area contributed by atoms with Crippen LogP contribution in [0.1, 0.15) is 49.0 Å². The van der Waals surface area contributed by atoms with Gasteiger partial charge in [-0.05, 0) is 122 Å². The summed E-state index contributed by atoms with van der Waals surface area (Å²) in [6.07, 6.45) is 11.2. The van der Waals surface area contributed by atoms with E-state index in [9.17, 15) is 10.2 Å². The van der Waals surface area contributed by atoms with Crippen molar-refractivity contribution in [1.29, 1.82) is 0 Å². The van der Waals surface area contributed by atoms with Crippen LogP contribution in [0.2, 0.25) is 0 Å². The summed E-state index contributed by atoms with van der Waals surface area (Å²) in [6.45, 7) is 12.1. The van der Waals surface area contributed by atoms with Crippen LogP contribution in [0.25, 0.3) is 21.8 Å². The minimum Gasteiger partial charge on any atom is -0.497 e. The molecule has 4 bridgehead atoms. The fraction of sp³-hybridized carbons (Fsp3) is 0.450. The Hall–Kier alpha value is -3.95. The third-order valence-corrected chi connectivity index (χ3v) is 11.6. The first-order valence-electron chi connectivity index (χ1n) is 18.1. The van der Waals surface area contributed by atoms with Gasteiger partial charge in [-0.25, -0.2) is 0 Å². The van der Waals surface area contributed by atoms with Crippen molar-refractivity contribution in [2.45, 2.75) is 50.0 Å². The zero-order valence-electron chi connectivity index (χ0n) is 30.2. The van der Waals surface area contributed by atoms with Gasteiger partial charge in [-0.2, -0.15) is 8.42 Å². The van der Waals surface area contributed by atoms with E-state index in [1.807, 2.05) is 48.5 Å². The molecule has 284 valence electrons. The van der Waals surface area contributed by atoms with Crippen LogP contribution in [0.3, 0.4) is 0 Å². The molecular formula is C40H50N4O8S. The predicted octanol–water partition coefficient (Wildman–Crippen LogP) is 5.69. The quantitative estimate of drug-likeness (QED) is 0.129. The average Bonchev–Trinajstić information content (AvgIpc) is 3.19. The largest absolute Gasteiger partial charge is 0.497 e. The van der Waals surface area contributed by atoms with Gasteiger partial charge in [-0.3, -0.25) is 28.9 Å². The summed E-state index contributed by atoms with van der Waals surface area (Å²) < 4.78 is 42.3. The molecule has 10 atom stereocenters. The number of rotatable bonds is 8. The minimum atomic E-state index is -4.67. The third-order valence-electron chi connectivity index (χ3n) is 11.6. The summed E-state index contributed by atoms with van der Waals surface area (Å²) in [4.78, 5) is 13.7. The van der Waals surface area contributed by atoms with E-state index in [2.05, 4.69) is 45.1 Å². The zero-order chi connectivity index (χ0) is 37.9. The maximum absolute atomic E-state index is 11.2. The van der Waals surface area contributed by atoms with Crippen molar-refractivity contribution >= 4 is 32.2 Å². The number of piperidine rings is 6. The van der Waals surface area contributed by atoms with E-state index in [0.717, 1.165) is 83.5 Å². The summed E-state index contributed by atoms with van der Waals surface area (Å²) in [5.74, 6) is 4.01. The first-order chi connectivity index (χ1) is 25.4. The van der Waals surface area contributed by atoms with Gasteiger partial charge in [0, 0.05) is 48.3 Å². The van der Waals surface area contributed by atoms with Gasteiger partial charge >= 0.3 is 10.4 Å². The van der Waals surface area contributed by atoms with E-state index in [0.29, 0.717) is 23.7 Å². The normalized spacial score (nSPS) is 28.5. The second-order valence-electron chi connectivity index (χ2n) is 14.4. The number of methoxy groups -OCH3 is 2. The first kappa shape index (κ1) is 38.8. The highest BCUT2D eigenvalue weighted by Gasteiger charge is 2.43. The Labute approximate surface area is 311 Å². The Morgan fingerprint density at radius 3 is 1.45 bits per heavy atom. The number of aliphatic hydroxyl groups excluding tert-OH is 2. The van der Waals surface area contributed by atoms with Crippen molar-refractivity contribution < 1.29 is 37.2 Å². The van der Waals surface area contributed by atoms with Crippen molar-refractivity contribution in [3.05, 3.63) is 97.4 Å². The lowest BCUT2D eigenvalue weighted by atomic mass is 9.73. The van der Waals surface area contributed by atoms with E-state index in [1.165, 1.54) is 12.8 Å². The van der Waals surface area contributed by atoms with Crippen LogP contribution in [0.5, 0.6) is 11.5 Å². The topological polar surface area (TPSA) is 166 Å². The SMILES string of the molecule is C=C[C@@H]1CN2CC[C@@H]1C[C@@H]2[C@H](O)c1ccnc2ccc(OC)cc12.C=C[C@@H]1CN2CC[C@@H]1C[C@@H]2[C@H](O)c1ccnc2ccc(OC)cc12.O=S(=O)(O)O. The number of pyridine rings is 2. The maximum Gasteiger partial charge on any atom is 0.394 e. The van der Waals surface area contributed by atoms with Gasteiger partial charge in [0.15, 0.2) is 0 Å². The van der Waals surface area contributed by atoms with E-state index in [-0.39, 0.29) is 12.1 Å². The number of hydrogen-bond donors (Lipinski definition) is 4. The van der Waals surface area contributed by atoms with Gasteiger partial charge in [0.05, 0.1) is 37.5 Å². The molecule has 8 heterocycles. The molecule has 6 aliphatic rings. The van der Waals surface area contributed by atoms with Crippen LogP contribution < -0.4 is 9.47 Å². The Kier molecular flexibility index (Phi) is 12.1. The molecule has 0 amide bonds. The Morgan fingerprint density at radius 1 is 0.736 bits per heavy atom. The molecule has 6 aliphatic heterocycles. The lowest BCUT2D eigenvalue weighted by Gasteiger charge is -2.50. The smallest absolute Gasteiger partial charge is 0.394 e. The van der Waals surface area contributed by atoms with Gasteiger partial charge in [-0.15, -0.1) is 13.2 Å². The van der Waals surface area contributed by atoms with Crippen LogP contribution in [-0.2, 0) is 10.4 Å². The summed E-state index contributed by atoms with van der Waals surface area (Å²) in [5, 5.41) is 24.3. The van der Waals surface area contributed by atoms with E-state index in [1.54, 1.807) is 26.6 Å². The molecule has 53 heavy (non-hydrogen) atoms. The molecule has 13 heteroatoms. The number of benzene rings is 2. The predicted molar refractivity (Wildman–Crippen MR) is 204 cm³/mol. The lowest BCUT2D eigenvalue weighted by molar-refractivity contribution is -0.0445. The molecule has 10 rings (SSSR count). The van der Waals surface area contributed by atoms with Crippen LogP contribution in [0.15, 0.2) is 86.2 Å². The van der Waals surface area contributed by atoms with Crippen molar-refractivity contribution in [3.63, 3.8) is 0 Å². The summed E-state index contributed by atoms with van der Waals surface area (Å²) in [5.41, 5.74) is 3.69. The molecule has 4 aromatic rings. The summed E-state index contributed by atoms with van der Waals surface area (Å²) in [6, 6.07) is 15.9. The number of aromatic nitrogens is 2. The molecule has 12 nitrogen and oxygen atoms in total. The lowest BCUT2D eigenvalue weighted by Crippen LogP contribution is -2.54. The third kappa shape index (κ3) is 8.73. The van der Waals surface area contributed by atoms with Crippen LogP contribution in [0.4, 0.5) is 0 Å². The zero-order valence-corrected chi connectivity index (χ0v) is 31.1. The number of nitrogens with zero attached hydrogens (tertiary/aromatic N) is 4. The molecule has 6 fully saturated rings. The first-order valence-corrected chi connectivity index (χ1v) is 19.5. The fourth-order valence-corrected chi connectivity index (χ4v) is 8.89. The van der Waals surface area contributed by atoms with E-state index >= 15 is 0 Å². The fourth-order valence-electron chi connectivity index (χ4n) is 8.89. The summed E-state index contributed by atoms with van der Waals surface area (Å²) >= 11 is 0. The highest BCUT2D eigenvalue weighted by atomic mass is 32.3. The number of ether oxygens (including phenoxy) is 2. The maximum atomic E-state index is 11.2. The van der Waals surface area contributed by atoms with Gasteiger partial charge in [0.25, 0.3) is 0 Å². The van der Waals surface area contributed by atoms with Crippen molar-refractivity contribution in [3.8, 4) is 11.5 Å². The highest BCUT2D eigenvalue weighted by molar-refractivity contribution is 7.79. The van der Waals surface area contributed by atoms with Crippen molar-refractivity contribution in [2.75, 3.05) is 40.4 Å². The molecule has 0 aliphatic carbocycles. The molecule has 0 radical (unpaired) electrons. The van der Waals surface area contributed by atoms with Crippen molar-refractivity contribution in [2.24, 2.45) is 23.7 Å². The second-order valence-corrected chi connectivity index (χ2v) is 15.3. The molecule has 0 saturated carbocycles. The van der Waals surface area contributed by atoms with Crippen LogP contribution in [0, 0.1) is 23.7 Å². The Morgan fingerprint density at radius 2 is 1.13 bits per heavy atom. The molecule has 6 saturated heterocycles. The molecule has 2 aromatic heterocycles. The van der Waals surface area contributed by atoms with Gasteiger partial charge in [0.2, 0.25) is 0 Å². The van der Waals surface area contributed by atoms with Crippen LogP contribution >= 0.6 is 0 Å². The molecule has 0 spiro atoms. The highest BCUT2D eigenvalue weighted by Crippen LogP contribution is 2.43. The van der Waals surface area contributed by atoms with E-state index < -0.39 is 22.6 Å². The van der Waals surface area contributed by atoms with Gasteiger partial charge < -0.3 is 19.7 Å².